The standard InChI is InChI=1S/C24H20N6O4S/c1-33-18-9-11-22(21(15-18)34-2)35(31,32)29-17-7-5-6-16(14-17)19-10-12-23-26-27-24(30(23)28-19)20-8-3-4-13-25-20/h3-15,29H,1-2H3. The van der Waals surface area contributed by atoms with Crippen LogP contribution in [-0.4, -0.2) is 47.4 Å². The lowest BCUT2D eigenvalue weighted by Gasteiger charge is -2.13. The Balaban J connectivity index is 1.49. The van der Waals surface area contributed by atoms with Gasteiger partial charge in [-0.25, -0.2) is 8.42 Å². The molecule has 1 N–H and O–H groups in total. The van der Waals surface area contributed by atoms with Crippen LogP contribution in [0.3, 0.4) is 0 Å². The summed E-state index contributed by atoms with van der Waals surface area (Å²) in [5, 5.41) is 13.0. The molecule has 0 aliphatic heterocycles. The summed E-state index contributed by atoms with van der Waals surface area (Å²) in [5.41, 5.74) is 2.89. The van der Waals surface area contributed by atoms with E-state index in [9.17, 15) is 8.42 Å². The SMILES string of the molecule is COc1ccc(S(=O)(=O)Nc2cccc(-c3ccc4nnc(-c5ccccn5)n4n3)c2)c(OC)c1. The minimum Gasteiger partial charge on any atom is -0.497 e. The number of aromatic nitrogens is 5. The van der Waals surface area contributed by atoms with Crippen molar-refractivity contribution in [1.29, 1.82) is 0 Å². The molecule has 0 amide bonds. The maximum Gasteiger partial charge on any atom is 0.265 e. The zero-order valence-corrected chi connectivity index (χ0v) is 19.6. The summed E-state index contributed by atoms with van der Waals surface area (Å²) in [6.07, 6.45) is 1.67. The van der Waals surface area contributed by atoms with Gasteiger partial charge in [0.15, 0.2) is 5.65 Å². The largest absolute Gasteiger partial charge is 0.497 e. The van der Waals surface area contributed by atoms with E-state index < -0.39 is 10.0 Å². The Hall–Kier alpha value is -4.51. The van der Waals surface area contributed by atoms with Crippen LogP contribution >= 0.6 is 0 Å². The third-order valence-electron chi connectivity index (χ3n) is 5.23. The fraction of sp³-hybridized carbons (Fsp3) is 0.0833. The van der Waals surface area contributed by atoms with Crippen LogP contribution in [0.4, 0.5) is 5.69 Å². The van der Waals surface area contributed by atoms with Gasteiger partial charge in [-0.05, 0) is 48.5 Å². The molecule has 5 rings (SSSR count). The Morgan fingerprint density at radius 2 is 1.74 bits per heavy atom. The third-order valence-corrected chi connectivity index (χ3v) is 6.65. The summed E-state index contributed by atoms with van der Waals surface area (Å²) in [5.74, 6) is 1.17. The Kier molecular flexibility index (Phi) is 5.75. The molecule has 0 fully saturated rings. The minimum atomic E-state index is -3.93. The average Bonchev–Trinajstić information content (AvgIpc) is 3.32. The number of pyridine rings is 1. The van der Waals surface area contributed by atoms with E-state index in [-0.39, 0.29) is 10.6 Å². The summed E-state index contributed by atoms with van der Waals surface area (Å²) in [6, 6.07) is 20.6. The number of hydrogen-bond acceptors (Lipinski definition) is 8. The first kappa shape index (κ1) is 22.3. The maximum atomic E-state index is 13.1. The number of benzene rings is 2. The second kappa shape index (κ2) is 9.03. The molecule has 35 heavy (non-hydrogen) atoms. The Labute approximate surface area is 201 Å². The second-order valence-corrected chi connectivity index (χ2v) is 9.08. The van der Waals surface area contributed by atoms with Crippen LogP contribution in [0.15, 0.2) is 83.9 Å². The number of sulfonamides is 1. The lowest BCUT2D eigenvalue weighted by Crippen LogP contribution is -2.14. The topological polar surface area (TPSA) is 121 Å². The molecule has 0 radical (unpaired) electrons. The summed E-state index contributed by atoms with van der Waals surface area (Å²) in [6.45, 7) is 0. The van der Waals surface area contributed by atoms with Gasteiger partial charge in [0.25, 0.3) is 10.0 Å². The monoisotopic (exact) mass is 488 g/mol. The van der Waals surface area contributed by atoms with Crippen LogP contribution in [-0.2, 0) is 10.0 Å². The molecule has 5 aromatic rings. The Bertz CT molecular complexity index is 1620. The van der Waals surface area contributed by atoms with Gasteiger partial charge in [0.1, 0.15) is 22.1 Å². The van der Waals surface area contributed by atoms with Crippen molar-refractivity contribution in [2.75, 3.05) is 18.9 Å². The molecular formula is C24H20N6O4S. The molecule has 3 aromatic heterocycles. The lowest BCUT2D eigenvalue weighted by molar-refractivity contribution is 0.386. The van der Waals surface area contributed by atoms with E-state index in [1.54, 1.807) is 47.1 Å². The number of ether oxygens (including phenoxy) is 2. The van der Waals surface area contributed by atoms with E-state index in [2.05, 4.69) is 25.0 Å². The van der Waals surface area contributed by atoms with Crippen LogP contribution in [0, 0.1) is 0 Å². The van der Waals surface area contributed by atoms with Crippen LogP contribution in [0.1, 0.15) is 0 Å². The van der Waals surface area contributed by atoms with Crippen molar-refractivity contribution in [3.63, 3.8) is 0 Å². The minimum absolute atomic E-state index is 0.00441. The van der Waals surface area contributed by atoms with E-state index in [0.29, 0.717) is 39.9 Å². The Morgan fingerprint density at radius 1 is 0.857 bits per heavy atom. The van der Waals surface area contributed by atoms with E-state index in [1.165, 1.54) is 26.4 Å². The molecule has 10 nitrogen and oxygen atoms in total. The van der Waals surface area contributed by atoms with E-state index in [0.717, 1.165) is 0 Å². The number of anilines is 1. The molecule has 0 bridgehead atoms. The first-order valence-corrected chi connectivity index (χ1v) is 12.0. The van der Waals surface area contributed by atoms with Gasteiger partial charge in [-0.15, -0.1) is 10.2 Å². The van der Waals surface area contributed by atoms with Gasteiger partial charge in [-0.2, -0.15) is 9.61 Å². The third kappa shape index (κ3) is 4.36. The second-order valence-electron chi connectivity index (χ2n) is 7.43. The van der Waals surface area contributed by atoms with E-state index in [4.69, 9.17) is 9.47 Å². The van der Waals surface area contributed by atoms with Crippen molar-refractivity contribution in [1.82, 2.24) is 24.8 Å². The van der Waals surface area contributed by atoms with Gasteiger partial charge < -0.3 is 9.47 Å². The molecule has 3 heterocycles. The summed E-state index contributed by atoms with van der Waals surface area (Å²) in [7, 11) is -1.03. The number of fused-ring (bicyclic) bond motifs is 1. The van der Waals surface area contributed by atoms with E-state index >= 15 is 0 Å². The molecule has 0 aliphatic carbocycles. The van der Waals surface area contributed by atoms with Gasteiger partial charge in [0, 0.05) is 23.5 Å². The van der Waals surface area contributed by atoms with Crippen molar-refractivity contribution in [3.8, 4) is 34.3 Å². The summed E-state index contributed by atoms with van der Waals surface area (Å²) in [4.78, 5) is 4.32. The smallest absolute Gasteiger partial charge is 0.265 e. The van der Waals surface area contributed by atoms with Crippen molar-refractivity contribution in [2.24, 2.45) is 0 Å². The highest BCUT2D eigenvalue weighted by molar-refractivity contribution is 7.92. The highest BCUT2D eigenvalue weighted by Gasteiger charge is 2.21. The van der Waals surface area contributed by atoms with Gasteiger partial charge in [0.05, 0.1) is 19.9 Å². The molecule has 0 spiro atoms. The molecule has 0 unspecified atom stereocenters. The van der Waals surface area contributed by atoms with Gasteiger partial charge in [-0.1, -0.05) is 18.2 Å². The van der Waals surface area contributed by atoms with E-state index in [1.807, 2.05) is 24.3 Å². The molecule has 0 aliphatic rings. The zero-order valence-electron chi connectivity index (χ0n) is 18.8. The average molecular weight is 489 g/mol. The molecule has 2 aromatic carbocycles. The number of nitrogens with zero attached hydrogens (tertiary/aromatic N) is 5. The predicted octanol–water partition coefficient (Wildman–Crippen LogP) is 3.67. The fourth-order valence-electron chi connectivity index (χ4n) is 3.55. The predicted molar refractivity (Wildman–Crippen MR) is 130 cm³/mol. The lowest BCUT2D eigenvalue weighted by atomic mass is 10.1. The zero-order chi connectivity index (χ0) is 24.4. The van der Waals surface area contributed by atoms with Crippen molar-refractivity contribution in [3.05, 3.63) is 79.0 Å². The molecule has 0 saturated carbocycles. The maximum absolute atomic E-state index is 13.1. The molecule has 11 heteroatoms. The number of nitrogens with one attached hydrogen (secondary N) is 1. The quantitative estimate of drug-likeness (QED) is 0.368. The molecule has 0 saturated heterocycles. The van der Waals surface area contributed by atoms with Gasteiger partial charge >= 0.3 is 0 Å². The molecule has 0 atom stereocenters. The van der Waals surface area contributed by atoms with Gasteiger partial charge in [-0.3, -0.25) is 9.71 Å². The summed E-state index contributed by atoms with van der Waals surface area (Å²) < 4.78 is 40.8. The van der Waals surface area contributed by atoms with Crippen LogP contribution in [0.5, 0.6) is 11.5 Å². The Morgan fingerprint density at radius 3 is 2.51 bits per heavy atom. The fourth-order valence-corrected chi connectivity index (χ4v) is 4.75. The first-order valence-electron chi connectivity index (χ1n) is 10.5. The van der Waals surface area contributed by atoms with Crippen molar-refractivity contribution < 1.29 is 17.9 Å². The normalized spacial score (nSPS) is 11.4. The summed E-state index contributed by atoms with van der Waals surface area (Å²) >= 11 is 0. The van der Waals surface area contributed by atoms with Gasteiger partial charge in [0.2, 0.25) is 5.82 Å². The van der Waals surface area contributed by atoms with Crippen LogP contribution in [0.25, 0.3) is 28.4 Å². The first-order chi connectivity index (χ1) is 17.0. The van der Waals surface area contributed by atoms with Crippen molar-refractivity contribution in [2.45, 2.75) is 4.90 Å². The highest BCUT2D eigenvalue weighted by atomic mass is 32.2. The van der Waals surface area contributed by atoms with Crippen LogP contribution < -0.4 is 14.2 Å². The highest BCUT2D eigenvalue weighted by Crippen LogP contribution is 2.30. The molecule has 176 valence electrons. The number of hydrogen-bond donors (Lipinski definition) is 1. The van der Waals surface area contributed by atoms with Crippen LogP contribution in [0.2, 0.25) is 0 Å². The van der Waals surface area contributed by atoms with Crippen molar-refractivity contribution >= 4 is 21.4 Å². The molecular weight excluding hydrogens is 468 g/mol. The number of methoxy groups -OCH3 is 2. The number of rotatable bonds is 7.